The molecule has 6 saturated carbocycles. The first-order valence-electron chi connectivity index (χ1n) is 13.7. The molecule has 0 aromatic carbocycles. The van der Waals surface area contributed by atoms with Gasteiger partial charge in [0.25, 0.3) is 0 Å². The summed E-state index contributed by atoms with van der Waals surface area (Å²) in [7, 11) is 0. The zero-order chi connectivity index (χ0) is 18.8. The lowest BCUT2D eigenvalue weighted by molar-refractivity contribution is 0.133. The molecule has 0 nitrogen and oxygen atoms in total. The molecule has 6 rings (SSSR count). The van der Waals surface area contributed by atoms with E-state index < -0.39 is 0 Å². The minimum Gasteiger partial charge on any atom is -0.0651 e. The van der Waals surface area contributed by atoms with E-state index in [1.165, 1.54) is 6.42 Å². The van der Waals surface area contributed by atoms with Gasteiger partial charge < -0.3 is 0 Å². The molecule has 6 bridgehead atoms. The summed E-state index contributed by atoms with van der Waals surface area (Å²) in [6.07, 6.45) is 22.3. The summed E-state index contributed by atoms with van der Waals surface area (Å²) < 4.78 is 0. The Labute approximate surface area is 175 Å². The van der Waals surface area contributed by atoms with Gasteiger partial charge in [-0.3, -0.25) is 0 Å². The lowest BCUT2D eigenvalue weighted by Crippen LogP contribution is -2.28. The molecular formula is C28H46. The van der Waals surface area contributed by atoms with E-state index >= 15 is 0 Å². The van der Waals surface area contributed by atoms with Gasteiger partial charge in [0.15, 0.2) is 0 Å². The molecule has 0 N–H and O–H groups in total. The molecule has 0 spiro atoms. The quantitative estimate of drug-likeness (QED) is 0.419. The van der Waals surface area contributed by atoms with Gasteiger partial charge in [-0.2, -0.15) is 0 Å². The average molecular weight is 383 g/mol. The SMILES string of the molecule is CCC1C2CCC(C2)C1CCC1C2CCC(C2)C1CCC1C2CCC(C2)C1C. The standard InChI is InChI=1S/C28H46/c1-3-24-19-6-7-21(15-19)26(24)12-13-28-23-9-8-22(16-23)27(28)11-10-25-17(2)18-4-5-20(25)14-18/h17-28H,3-16H2,1-2H3. The van der Waals surface area contributed by atoms with Crippen LogP contribution in [0.1, 0.15) is 104 Å². The lowest BCUT2D eigenvalue weighted by atomic mass is 9.69. The first-order valence-corrected chi connectivity index (χ1v) is 13.7. The van der Waals surface area contributed by atoms with Crippen LogP contribution in [0.3, 0.4) is 0 Å². The van der Waals surface area contributed by atoms with Gasteiger partial charge >= 0.3 is 0 Å². The molecule has 0 aromatic rings. The van der Waals surface area contributed by atoms with Crippen molar-refractivity contribution in [2.75, 3.05) is 0 Å². The molecule has 0 heteroatoms. The van der Waals surface area contributed by atoms with Gasteiger partial charge in [0.2, 0.25) is 0 Å². The smallest absolute Gasteiger partial charge is 0.0355 e. The van der Waals surface area contributed by atoms with Crippen molar-refractivity contribution in [1.29, 1.82) is 0 Å². The lowest BCUT2D eigenvalue weighted by Gasteiger charge is -2.36. The van der Waals surface area contributed by atoms with Crippen LogP contribution in [0, 0.1) is 71.0 Å². The van der Waals surface area contributed by atoms with Crippen LogP contribution >= 0.6 is 0 Å². The Morgan fingerprint density at radius 2 is 0.821 bits per heavy atom. The molecule has 28 heavy (non-hydrogen) atoms. The number of rotatable bonds is 7. The van der Waals surface area contributed by atoms with Crippen LogP contribution in [0.2, 0.25) is 0 Å². The van der Waals surface area contributed by atoms with Gasteiger partial charge in [0.1, 0.15) is 0 Å². The zero-order valence-electron chi connectivity index (χ0n) is 18.8. The normalized spacial score (nSPS) is 56.4. The highest BCUT2D eigenvalue weighted by atomic mass is 14.6. The van der Waals surface area contributed by atoms with Crippen LogP contribution in [-0.4, -0.2) is 0 Å². The molecule has 0 aromatic heterocycles. The van der Waals surface area contributed by atoms with Gasteiger partial charge in [0, 0.05) is 0 Å². The summed E-state index contributed by atoms with van der Waals surface area (Å²) >= 11 is 0. The third-order valence-corrected chi connectivity index (χ3v) is 12.2. The first-order chi connectivity index (χ1) is 13.7. The summed E-state index contributed by atoms with van der Waals surface area (Å²) in [6, 6.07) is 0. The first kappa shape index (κ1) is 18.7. The van der Waals surface area contributed by atoms with Crippen molar-refractivity contribution in [1.82, 2.24) is 0 Å². The van der Waals surface area contributed by atoms with E-state index in [2.05, 4.69) is 13.8 Å². The summed E-state index contributed by atoms with van der Waals surface area (Å²) in [6.45, 7) is 5.11. The van der Waals surface area contributed by atoms with Gasteiger partial charge in [-0.25, -0.2) is 0 Å². The van der Waals surface area contributed by atoms with Crippen molar-refractivity contribution >= 4 is 0 Å². The van der Waals surface area contributed by atoms with Crippen molar-refractivity contribution in [3.05, 3.63) is 0 Å². The Kier molecular flexibility index (Phi) is 4.89. The maximum atomic E-state index is 2.62. The topological polar surface area (TPSA) is 0 Å². The van der Waals surface area contributed by atoms with Gasteiger partial charge in [-0.15, -0.1) is 0 Å². The molecule has 0 aliphatic heterocycles. The highest BCUT2D eigenvalue weighted by Crippen LogP contribution is 2.60. The molecule has 12 atom stereocenters. The van der Waals surface area contributed by atoms with E-state index in [9.17, 15) is 0 Å². The van der Waals surface area contributed by atoms with E-state index in [1.54, 1.807) is 83.5 Å². The Morgan fingerprint density at radius 3 is 1.29 bits per heavy atom. The second-order valence-electron chi connectivity index (χ2n) is 12.7. The highest BCUT2D eigenvalue weighted by molar-refractivity contribution is 5.01. The van der Waals surface area contributed by atoms with Crippen LogP contribution in [0.5, 0.6) is 0 Å². The van der Waals surface area contributed by atoms with Crippen LogP contribution in [0.15, 0.2) is 0 Å². The van der Waals surface area contributed by atoms with Crippen molar-refractivity contribution in [3.63, 3.8) is 0 Å². The van der Waals surface area contributed by atoms with Crippen LogP contribution in [0.25, 0.3) is 0 Å². The fourth-order valence-electron chi connectivity index (χ4n) is 11.0. The third kappa shape index (κ3) is 2.89. The summed E-state index contributed by atoms with van der Waals surface area (Å²) in [4.78, 5) is 0. The van der Waals surface area contributed by atoms with Crippen LogP contribution in [-0.2, 0) is 0 Å². The molecule has 0 saturated heterocycles. The van der Waals surface area contributed by atoms with Gasteiger partial charge in [-0.1, -0.05) is 20.3 Å². The van der Waals surface area contributed by atoms with Crippen molar-refractivity contribution in [2.24, 2.45) is 71.0 Å². The number of hydrogen-bond donors (Lipinski definition) is 0. The monoisotopic (exact) mass is 382 g/mol. The van der Waals surface area contributed by atoms with Gasteiger partial charge in [0.05, 0.1) is 0 Å². The molecule has 12 unspecified atom stereocenters. The Bertz CT molecular complexity index is 562. The Balaban J connectivity index is 1.08. The molecular weight excluding hydrogens is 336 g/mol. The van der Waals surface area contributed by atoms with Crippen LogP contribution < -0.4 is 0 Å². The molecule has 6 aliphatic rings. The predicted molar refractivity (Wildman–Crippen MR) is 118 cm³/mol. The minimum atomic E-state index is 1.06. The molecule has 0 heterocycles. The maximum Gasteiger partial charge on any atom is -0.0355 e. The molecule has 0 amide bonds. The van der Waals surface area contributed by atoms with Crippen molar-refractivity contribution in [2.45, 2.75) is 104 Å². The second kappa shape index (κ2) is 7.30. The van der Waals surface area contributed by atoms with E-state index in [0.717, 1.165) is 71.0 Å². The van der Waals surface area contributed by atoms with E-state index in [4.69, 9.17) is 0 Å². The largest absolute Gasteiger partial charge is 0.0651 e. The summed E-state index contributed by atoms with van der Waals surface area (Å²) in [5.41, 5.74) is 0. The minimum absolute atomic E-state index is 1.06. The van der Waals surface area contributed by atoms with Crippen molar-refractivity contribution < 1.29 is 0 Å². The van der Waals surface area contributed by atoms with Crippen LogP contribution in [0.4, 0.5) is 0 Å². The molecule has 158 valence electrons. The summed E-state index contributed by atoms with van der Waals surface area (Å²) in [5, 5.41) is 0. The number of hydrogen-bond acceptors (Lipinski definition) is 0. The number of fused-ring (bicyclic) bond motifs is 6. The summed E-state index contributed by atoms with van der Waals surface area (Å²) in [5.74, 6) is 13.5. The Morgan fingerprint density at radius 1 is 0.464 bits per heavy atom. The van der Waals surface area contributed by atoms with Gasteiger partial charge in [-0.05, 0) is 154 Å². The average Bonchev–Trinajstić information content (AvgIpc) is 3.53. The maximum absolute atomic E-state index is 2.62. The van der Waals surface area contributed by atoms with Crippen molar-refractivity contribution in [3.8, 4) is 0 Å². The van der Waals surface area contributed by atoms with E-state index in [-0.39, 0.29) is 0 Å². The fraction of sp³-hybridized carbons (Fsp3) is 1.00. The molecule has 0 radical (unpaired) electrons. The molecule has 6 aliphatic carbocycles. The fourth-order valence-corrected chi connectivity index (χ4v) is 11.0. The third-order valence-electron chi connectivity index (χ3n) is 12.2. The molecule has 6 fully saturated rings. The Hall–Kier alpha value is 0. The highest BCUT2D eigenvalue weighted by Gasteiger charge is 2.51. The zero-order valence-corrected chi connectivity index (χ0v) is 18.8. The van der Waals surface area contributed by atoms with E-state index in [0.29, 0.717) is 0 Å². The predicted octanol–water partition coefficient (Wildman–Crippen LogP) is 7.96. The van der Waals surface area contributed by atoms with E-state index in [1.807, 2.05) is 0 Å². The second-order valence-corrected chi connectivity index (χ2v) is 12.7.